The number of hydrogen-bond acceptors (Lipinski definition) is 3. The van der Waals surface area contributed by atoms with Crippen LogP contribution in [0.25, 0.3) is 0 Å². The molecule has 0 aliphatic carbocycles. The summed E-state index contributed by atoms with van der Waals surface area (Å²) < 4.78 is 12.2. The van der Waals surface area contributed by atoms with Gasteiger partial charge in [-0.25, -0.2) is 0 Å². The molecule has 23 heavy (non-hydrogen) atoms. The summed E-state index contributed by atoms with van der Waals surface area (Å²) >= 11 is -1.98. The fraction of sp³-hybridized carbons (Fsp3) is 0.632. The van der Waals surface area contributed by atoms with Gasteiger partial charge in [0, 0.05) is 0 Å². The Morgan fingerprint density at radius 2 is 1.78 bits per heavy atom. The first kappa shape index (κ1) is 18.5. The number of ether oxygens (including phenoxy) is 2. The summed E-state index contributed by atoms with van der Waals surface area (Å²) in [5.41, 5.74) is 0.0540. The van der Waals surface area contributed by atoms with Crippen molar-refractivity contribution >= 4 is 19.2 Å². The first-order valence-electron chi connectivity index (χ1n) is 8.95. The van der Waals surface area contributed by atoms with Crippen LogP contribution in [0.5, 0.6) is 0 Å². The Labute approximate surface area is 143 Å². The van der Waals surface area contributed by atoms with E-state index in [2.05, 4.69) is 20.8 Å². The molecule has 2 atom stereocenters. The Morgan fingerprint density at radius 3 is 2.30 bits per heavy atom. The van der Waals surface area contributed by atoms with E-state index in [1.165, 1.54) is 15.8 Å². The van der Waals surface area contributed by atoms with Crippen LogP contribution in [0.4, 0.5) is 0 Å². The molecule has 0 bridgehead atoms. The molecule has 0 spiro atoms. The third-order valence-corrected chi connectivity index (χ3v) is 19.2. The van der Waals surface area contributed by atoms with E-state index in [1.54, 1.807) is 0 Å². The second kappa shape index (κ2) is 7.84. The predicted octanol–water partition coefficient (Wildman–Crippen LogP) is 4.74. The molecule has 3 nitrogen and oxygen atoms in total. The molecule has 2 rings (SSSR count). The van der Waals surface area contributed by atoms with Gasteiger partial charge in [0.15, 0.2) is 0 Å². The Bertz CT molecular complexity index is 504. The number of hydrogen-bond donors (Lipinski definition) is 0. The summed E-state index contributed by atoms with van der Waals surface area (Å²) in [4.78, 5) is 12.8. The van der Waals surface area contributed by atoms with Crippen molar-refractivity contribution in [3.05, 3.63) is 35.9 Å². The Morgan fingerprint density at radius 1 is 1.17 bits per heavy atom. The maximum absolute atomic E-state index is 12.8. The van der Waals surface area contributed by atoms with Crippen LogP contribution in [0.15, 0.2) is 30.3 Å². The topological polar surface area (TPSA) is 35.5 Å². The monoisotopic (exact) mass is 380 g/mol. The van der Waals surface area contributed by atoms with Gasteiger partial charge in [0.2, 0.25) is 0 Å². The van der Waals surface area contributed by atoms with Crippen LogP contribution in [0.2, 0.25) is 20.5 Å². The van der Waals surface area contributed by atoms with Crippen LogP contribution >= 0.6 is 0 Å². The van der Waals surface area contributed by atoms with Gasteiger partial charge in [-0.3, -0.25) is 0 Å². The molecule has 1 aromatic carbocycles. The van der Waals surface area contributed by atoms with Crippen molar-refractivity contribution in [2.75, 3.05) is 13.2 Å². The second-order valence-electron chi connectivity index (χ2n) is 6.55. The molecule has 1 saturated heterocycles. The van der Waals surface area contributed by atoms with Crippen molar-refractivity contribution in [2.45, 2.75) is 60.2 Å². The van der Waals surface area contributed by atoms with E-state index in [0.717, 1.165) is 12.0 Å². The molecule has 0 unspecified atom stereocenters. The van der Waals surface area contributed by atoms with Crippen molar-refractivity contribution in [3.63, 3.8) is 0 Å². The quantitative estimate of drug-likeness (QED) is 0.507. The predicted molar refractivity (Wildman–Crippen MR) is 96.3 cm³/mol. The maximum atomic E-state index is 12.8. The number of carbonyl (C=O) groups is 1. The van der Waals surface area contributed by atoms with Crippen molar-refractivity contribution < 1.29 is 14.3 Å². The fourth-order valence-electron chi connectivity index (χ4n) is 4.13. The Kier molecular flexibility index (Phi) is 6.32. The molecular weight excluding hydrogens is 349 g/mol. The van der Waals surface area contributed by atoms with Crippen LogP contribution in [-0.4, -0.2) is 32.4 Å². The molecule has 1 aromatic rings. The summed E-state index contributed by atoms with van der Waals surface area (Å²) in [6.45, 7) is 9.96. The van der Waals surface area contributed by atoms with E-state index < -0.39 is 18.9 Å². The van der Waals surface area contributed by atoms with Crippen molar-refractivity contribution in [3.8, 4) is 0 Å². The Hall–Kier alpha value is -0.807. The van der Waals surface area contributed by atoms with Crippen molar-refractivity contribution in [1.82, 2.24) is 0 Å². The number of rotatable bonds is 7. The molecule has 0 amide bonds. The second-order valence-corrected chi connectivity index (χ2v) is 18.4. The zero-order valence-electron chi connectivity index (χ0n) is 14.9. The van der Waals surface area contributed by atoms with E-state index in [4.69, 9.17) is 9.47 Å². The van der Waals surface area contributed by atoms with Gasteiger partial charge in [-0.05, 0) is 0 Å². The molecular formula is C19H30GeO3. The van der Waals surface area contributed by atoms with Gasteiger partial charge < -0.3 is 0 Å². The molecule has 0 saturated carbocycles. The number of benzene rings is 1. The normalized spacial score (nSPS) is 24.6. The van der Waals surface area contributed by atoms with Crippen LogP contribution < -0.4 is 0 Å². The van der Waals surface area contributed by atoms with Gasteiger partial charge >= 0.3 is 143 Å². The third kappa shape index (κ3) is 3.36. The summed E-state index contributed by atoms with van der Waals surface area (Å²) in [7, 11) is 0. The Balaban J connectivity index is 2.37. The molecule has 1 aliphatic heterocycles. The molecule has 0 radical (unpaired) electrons. The van der Waals surface area contributed by atoms with Crippen LogP contribution in [0, 0.1) is 0 Å². The first-order chi connectivity index (χ1) is 11.1. The zero-order valence-corrected chi connectivity index (χ0v) is 17.0. The summed E-state index contributed by atoms with van der Waals surface area (Å²) in [6.07, 6.45) is 0.797. The number of carbonyl (C=O) groups excluding carboxylic acids is 1. The minimum atomic E-state index is -1.98. The zero-order chi connectivity index (χ0) is 16.9. The fourth-order valence-corrected chi connectivity index (χ4v) is 13.3. The van der Waals surface area contributed by atoms with Crippen LogP contribution in [0.1, 0.15) is 39.7 Å². The first-order valence-corrected chi connectivity index (χ1v) is 14.6. The summed E-state index contributed by atoms with van der Waals surface area (Å²) in [6, 6.07) is 9.92. The van der Waals surface area contributed by atoms with E-state index >= 15 is 0 Å². The van der Waals surface area contributed by atoms with E-state index in [9.17, 15) is 4.79 Å². The van der Waals surface area contributed by atoms with E-state index in [-0.39, 0.29) is 5.97 Å². The van der Waals surface area contributed by atoms with Crippen LogP contribution in [0.3, 0.4) is 0 Å². The third-order valence-electron chi connectivity index (χ3n) is 5.89. The molecule has 1 fully saturated rings. The van der Waals surface area contributed by atoms with Gasteiger partial charge in [0.25, 0.3) is 0 Å². The van der Waals surface area contributed by atoms with Crippen molar-refractivity contribution in [1.29, 1.82) is 0 Å². The SMILES string of the molecule is CCOC(=O)[C@@]1(c2ccccc2)C[C@@H]([Ge]([CH2]C)([CH2]C)[CH2]C)CO1. The standard InChI is InChI=1S/C19H30GeO3/c1-5-20(6-2,7-3)17-14-19(23-15-17,18(21)22-8-4)16-12-10-9-11-13-16/h9-13,17H,5-8,14-15H2,1-4H3/t17-,19+/m1/s1. The van der Waals surface area contributed by atoms with Crippen LogP contribution in [-0.2, 0) is 19.9 Å². The summed E-state index contributed by atoms with van der Waals surface area (Å²) in [5.74, 6) is -0.215. The van der Waals surface area contributed by atoms with E-state index in [1.807, 2.05) is 37.3 Å². The minimum absolute atomic E-state index is 0.215. The van der Waals surface area contributed by atoms with Crippen molar-refractivity contribution in [2.24, 2.45) is 0 Å². The van der Waals surface area contributed by atoms with Gasteiger partial charge in [-0.15, -0.1) is 0 Å². The summed E-state index contributed by atoms with van der Waals surface area (Å²) in [5, 5.41) is 3.90. The van der Waals surface area contributed by atoms with Gasteiger partial charge in [-0.2, -0.15) is 0 Å². The van der Waals surface area contributed by atoms with Gasteiger partial charge in [-0.1, -0.05) is 0 Å². The average molecular weight is 379 g/mol. The van der Waals surface area contributed by atoms with Gasteiger partial charge in [0.1, 0.15) is 0 Å². The van der Waals surface area contributed by atoms with E-state index in [0.29, 0.717) is 18.0 Å². The molecule has 0 aromatic heterocycles. The van der Waals surface area contributed by atoms with Gasteiger partial charge in [0.05, 0.1) is 0 Å². The molecule has 0 N–H and O–H groups in total. The molecule has 4 heteroatoms. The average Bonchev–Trinajstić information content (AvgIpc) is 3.05. The number of esters is 1. The molecule has 128 valence electrons. The molecule has 1 heterocycles. The molecule has 1 aliphatic rings.